The summed E-state index contributed by atoms with van der Waals surface area (Å²) in [7, 11) is 1.64. The van der Waals surface area contributed by atoms with Crippen LogP contribution in [-0.2, 0) is 6.54 Å². The Balaban J connectivity index is 0.00000480. The molecule has 2 aromatic rings. The number of amides is 1. The lowest BCUT2D eigenvalue weighted by Crippen LogP contribution is -2.38. The number of carbonyl (C=O) groups excluding carboxylic acids is 1. The van der Waals surface area contributed by atoms with Gasteiger partial charge in [-0.2, -0.15) is 13.2 Å². The second kappa shape index (κ2) is 13.7. The lowest BCUT2D eigenvalue weighted by atomic mass is 10.2. The van der Waals surface area contributed by atoms with Crippen molar-refractivity contribution in [3.05, 3.63) is 65.7 Å². The fourth-order valence-electron chi connectivity index (χ4n) is 2.46. The van der Waals surface area contributed by atoms with Crippen molar-refractivity contribution in [2.24, 2.45) is 4.99 Å². The van der Waals surface area contributed by atoms with Gasteiger partial charge in [0.25, 0.3) is 5.91 Å². The predicted octanol–water partition coefficient (Wildman–Crippen LogP) is 3.73. The quantitative estimate of drug-likeness (QED) is 0.193. The fraction of sp³-hybridized carbons (Fsp3) is 0.333. The van der Waals surface area contributed by atoms with Crippen LogP contribution in [0.3, 0.4) is 0 Å². The van der Waals surface area contributed by atoms with Gasteiger partial charge in [-0.3, -0.25) is 9.79 Å². The van der Waals surface area contributed by atoms with Crippen LogP contribution >= 0.6 is 24.0 Å². The molecule has 0 heterocycles. The first kappa shape index (κ1) is 26.5. The van der Waals surface area contributed by atoms with E-state index in [9.17, 15) is 18.0 Å². The summed E-state index contributed by atoms with van der Waals surface area (Å²) in [4.78, 5) is 16.1. The van der Waals surface area contributed by atoms with E-state index in [4.69, 9.17) is 0 Å². The normalized spacial score (nSPS) is 11.3. The number of ether oxygens (including phenoxy) is 1. The number of hydrogen-bond donors (Lipinski definition) is 3. The maximum Gasteiger partial charge on any atom is 0.422 e. The molecular weight excluding hydrogens is 524 g/mol. The summed E-state index contributed by atoms with van der Waals surface area (Å²) in [5.74, 6) is 0.638. The second-order valence-electron chi connectivity index (χ2n) is 6.38. The summed E-state index contributed by atoms with van der Waals surface area (Å²) >= 11 is 0. The van der Waals surface area contributed by atoms with E-state index in [1.54, 1.807) is 31.3 Å². The molecule has 1 amide bonds. The van der Waals surface area contributed by atoms with Gasteiger partial charge in [0.05, 0.1) is 0 Å². The van der Waals surface area contributed by atoms with E-state index in [1.165, 1.54) is 12.1 Å². The number of guanidine groups is 1. The highest BCUT2D eigenvalue weighted by Gasteiger charge is 2.28. The number of alkyl halides is 3. The first-order valence-corrected chi connectivity index (χ1v) is 9.43. The molecule has 0 saturated carbocycles. The number of rotatable bonds is 9. The lowest BCUT2D eigenvalue weighted by Gasteiger charge is -2.13. The van der Waals surface area contributed by atoms with Crippen molar-refractivity contribution in [1.29, 1.82) is 0 Å². The molecule has 0 saturated heterocycles. The van der Waals surface area contributed by atoms with E-state index in [-0.39, 0.29) is 35.6 Å². The molecule has 6 nitrogen and oxygen atoms in total. The van der Waals surface area contributed by atoms with Crippen molar-refractivity contribution in [3.63, 3.8) is 0 Å². The largest absolute Gasteiger partial charge is 0.484 e. The molecule has 0 aliphatic carbocycles. The molecule has 0 aromatic heterocycles. The zero-order valence-corrected chi connectivity index (χ0v) is 19.4. The Morgan fingerprint density at radius 3 is 2.23 bits per heavy atom. The lowest BCUT2D eigenvalue weighted by molar-refractivity contribution is -0.153. The highest BCUT2D eigenvalue weighted by atomic mass is 127. The number of nitrogens with zero attached hydrogens (tertiary/aromatic N) is 1. The van der Waals surface area contributed by atoms with Crippen LogP contribution in [0.2, 0.25) is 0 Å². The van der Waals surface area contributed by atoms with Crippen LogP contribution in [-0.4, -0.2) is 44.8 Å². The smallest absolute Gasteiger partial charge is 0.422 e. The predicted molar refractivity (Wildman–Crippen MR) is 125 cm³/mol. The molecule has 31 heavy (non-hydrogen) atoms. The third kappa shape index (κ3) is 10.9. The summed E-state index contributed by atoms with van der Waals surface area (Å²) in [6.45, 7) is 0.271. The molecule has 0 aliphatic heterocycles. The van der Waals surface area contributed by atoms with E-state index in [0.29, 0.717) is 37.6 Å². The van der Waals surface area contributed by atoms with E-state index in [1.807, 2.05) is 18.2 Å². The van der Waals surface area contributed by atoms with Gasteiger partial charge < -0.3 is 20.7 Å². The van der Waals surface area contributed by atoms with Crippen molar-refractivity contribution in [2.75, 3.05) is 26.7 Å². The zero-order chi connectivity index (χ0) is 21.8. The van der Waals surface area contributed by atoms with Crippen LogP contribution in [0.5, 0.6) is 5.75 Å². The van der Waals surface area contributed by atoms with Crippen LogP contribution in [0.4, 0.5) is 13.2 Å². The summed E-state index contributed by atoms with van der Waals surface area (Å²) < 4.78 is 41.2. The molecule has 0 aliphatic rings. The number of nitrogens with one attached hydrogen (secondary N) is 3. The Morgan fingerprint density at radius 2 is 1.61 bits per heavy atom. The number of aliphatic imine (C=N–C) groups is 1. The SMILES string of the molecule is CN=C(NCCCNC(=O)c1ccccc1)NCc1ccc(OCC(F)(F)F)cc1.I. The van der Waals surface area contributed by atoms with Gasteiger partial charge in [0.15, 0.2) is 12.6 Å². The monoisotopic (exact) mass is 550 g/mol. The van der Waals surface area contributed by atoms with Gasteiger partial charge in [0, 0.05) is 32.2 Å². The van der Waals surface area contributed by atoms with Gasteiger partial charge in [0.1, 0.15) is 5.75 Å². The number of carbonyl (C=O) groups is 1. The van der Waals surface area contributed by atoms with Crippen LogP contribution < -0.4 is 20.7 Å². The number of hydrogen-bond acceptors (Lipinski definition) is 3. The van der Waals surface area contributed by atoms with Crippen LogP contribution in [0, 0.1) is 0 Å². The van der Waals surface area contributed by atoms with Crippen LogP contribution in [0.1, 0.15) is 22.3 Å². The highest BCUT2D eigenvalue weighted by molar-refractivity contribution is 14.0. The van der Waals surface area contributed by atoms with Crippen LogP contribution in [0.15, 0.2) is 59.6 Å². The van der Waals surface area contributed by atoms with Gasteiger partial charge in [-0.25, -0.2) is 0 Å². The summed E-state index contributed by atoms with van der Waals surface area (Å²) in [5.41, 5.74) is 1.49. The molecule has 10 heteroatoms. The number of halogens is 4. The van der Waals surface area contributed by atoms with Gasteiger partial charge in [0.2, 0.25) is 0 Å². The minimum Gasteiger partial charge on any atom is -0.484 e. The maximum absolute atomic E-state index is 12.2. The molecule has 0 atom stereocenters. The molecule has 170 valence electrons. The molecule has 3 N–H and O–H groups in total. The van der Waals surface area contributed by atoms with Crippen molar-refractivity contribution >= 4 is 35.8 Å². The third-order valence-electron chi connectivity index (χ3n) is 3.98. The fourth-order valence-corrected chi connectivity index (χ4v) is 2.46. The zero-order valence-electron chi connectivity index (χ0n) is 17.0. The van der Waals surface area contributed by atoms with Crippen molar-refractivity contribution in [3.8, 4) is 5.75 Å². The average molecular weight is 550 g/mol. The molecule has 0 fully saturated rings. The summed E-state index contributed by atoms with van der Waals surface area (Å²) in [5, 5.41) is 9.11. The summed E-state index contributed by atoms with van der Waals surface area (Å²) in [6, 6.07) is 15.4. The average Bonchev–Trinajstić information content (AvgIpc) is 2.75. The minimum atomic E-state index is -4.36. The van der Waals surface area contributed by atoms with Gasteiger partial charge in [-0.1, -0.05) is 30.3 Å². The summed E-state index contributed by atoms with van der Waals surface area (Å²) in [6.07, 6.45) is -3.65. The standard InChI is InChI=1S/C21H25F3N4O2.HI/c1-25-20(27-13-5-12-26-19(29)17-6-3-2-4-7-17)28-14-16-8-10-18(11-9-16)30-15-21(22,23)24;/h2-4,6-11H,5,12-15H2,1H3,(H,26,29)(H2,25,27,28);1H. The van der Waals surface area contributed by atoms with E-state index in [2.05, 4.69) is 25.7 Å². The van der Waals surface area contributed by atoms with Crippen molar-refractivity contribution < 1.29 is 22.7 Å². The van der Waals surface area contributed by atoms with E-state index >= 15 is 0 Å². The Labute approximate surface area is 196 Å². The van der Waals surface area contributed by atoms with Crippen molar-refractivity contribution in [1.82, 2.24) is 16.0 Å². The molecule has 0 radical (unpaired) electrons. The maximum atomic E-state index is 12.2. The van der Waals surface area contributed by atoms with E-state index < -0.39 is 12.8 Å². The van der Waals surface area contributed by atoms with E-state index in [0.717, 1.165) is 5.56 Å². The minimum absolute atomic E-state index is 0. The molecule has 0 spiro atoms. The van der Waals surface area contributed by atoms with Gasteiger partial charge in [-0.15, -0.1) is 24.0 Å². The molecule has 2 aromatic carbocycles. The Kier molecular flexibility index (Phi) is 11.8. The molecule has 0 unspecified atom stereocenters. The van der Waals surface area contributed by atoms with Gasteiger partial charge in [-0.05, 0) is 36.2 Å². The van der Waals surface area contributed by atoms with Gasteiger partial charge >= 0.3 is 6.18 Å². The third-order valence-corrected chi connectivity index (χ3v) is 3.98. The highest BCUT2D eigenvalue weighted by Crippen LogP contribution is 2.18. The molecule has 0 bridgehead atoms. The Hall–Kier alpha value is -2.50. The Morgan fingerprint density at radius 1 is 0.968 bits per heavy atom. The van der Waals surface area contributed by atoms with Crippen molar-refractivity contribution in [2.45, 2.75) is 19.1 Å². The van der Waals surface area contributed by atoms with Crippen LogP contribution in [0.25, 0.3) is 0 Å². The number of benzene rings is 2. The first-order chi connectivity index (χ1) is 14.4. The first-order valence-electron chi connectivity index (χ1n) is 9.43. The Bertz CT molecular complexity index is 816. The molecular formula is C21H26F3IN4O2. The molecule has 2 rings (SSSR count). The topological polar surface area (TPSA) is 74.8 Å². The second-order valence-corrected chi connectivity index (χ2v) is 6.38.